The van der Waals surface area contributed by atoms with E-state index in [0.717, 1.165) is 16.3 Å². The molecule has 1 amide bonds. The summed E-state index contributed by atoms with van der Waals surface area (Å²) in [5.41, 5.74) is 7.91. The van der Waals surface area contributed by atoms with Crippen LogP contribution in [0.3, 0.4) is 0 Å². The smallest absolute Gasteiger partial charge is 0.241 e. The first-order chi connectivity index (χ1) is 8.11. The molecule has 0 radical (unpaired) electrons. The molecule has 2 aromatic rings. The molecule has 3 nitrogen and oxygen atoms in total. The van der Waals surface area contributed by atoms with Crippen molar-refractivity contribution < 1.29 is 4.79 Å². The molecule has 88 valence electrons. The van der Waals surface area contributed by atoms with Crippen molar-refractivity contribution >= 4 is 16.7 Å². The van der Waals surface area contributed by atoms with Gasteiger partial charge in [-0.25, -0.2) is 0 Å². The predicted octanol–water partition coefficient (Wildman–Crippen LogP) is 1.89. The Balaban J connectivity index is 2.44. The second kappa shape index (κ2) is 4.55. The summed E-state index contributed by atoms with van der Waals surface area (Å²) in [5.74, 6) is -0.170. The van der Waals surface area contributed by atoms with Crippen molar-refractivity contribution in [3.63, 3.8) is 0 Å². The Morgan fingerprint density at radius 3 is 2.53 bits per heavy atom. The number of rotatable bonds is 2. The molecule has 1 atom stereocenters. The van der Waals surface area contributed by atoms with Crippen molar-refractivity contribution in [1.82, 2.24) is 5.32 Å². The Labute approximate surface area is 101 Å². The van der Waals surface area contributed by atoms with Gasteiger partial charge in [-0.2, -0.15) is 0 Å². The fourth-order valence-electron chi connectivity index (χ4n) is 1.88. The van der Waals surface area contributed by atoms with Gasteiger partial charge in [0.1, 0.15) is 6.04 Å². The molecule has 0 aliphatic heterocycles. The minimum atomic E-state index is -0.606. The van der Waals surface area contributed by atoms with Gasteiger partial charge in [-0.1, -0.05) is 35.9 Å². The third-order valence-corrected chi connectivity index (χ3v) is 2.91. The lowest BCUT2D eigenvalue weighted by atomic mass is 10.0. The first-order valence-electron chi connectivity index (χ1n) is 5.59. The number of benzene rings is 2. The van der Waals surface area contributed by atoms with E-state index in [0.29, 0.717) is 0 Å². The molecule has 1 unspecified atom stereocenters. The third-order valence-electron chi connectivity index (χ3n) is 2.91. The van der Waals surface area contributed by atoms with Crippen LogP contribution in [-0.4, -0.2) is 13.0 Å². The van der Waals surface area contributed by atoms with Crippen molar-refractivity contribution in [2.75, 3.05) is 7.05 Å². The second-order valence-corrected chi connectivity index (χ2v) is 4.20. The number of hydrogen-bond donors (Lipinski definition) is 2. The van der Waals surface area contributed by atoms with Gasteiger partial charge in [-0.05, 0) is 29.3 Å². The van der Waals surface area contributed by atoms with Crippen LogP contribution in [0.4, 0.5) is 0 Å². The molecule has 0 heterocycles. The molecule has 0 aliphatic rings. The summed E-state index contributed by atoms with van der Waals surface area (Å²) in [6.07, 6.45) is 0. The number of carbonyl (C=O) groups excluding carboxylic acids is 1. The van der Waals surface area contributed by atoms with Gasteiger partial charge in [-0.3, -0.25) is 4.79 Å². The highest BCUT2D eigenvalue weighted by Crippen LogP contribution is 2.20. The normalized spacial score (nSPS) is 12.4. The Morgan fingerprint density at radius 2 is 1.82 bits per heavy atom. The average Bonchev–Trinajstić information content (AvgIpc) is 2.36. The molecule has 0 aliphatic carbocycles. The average molecular weight is 228 g/mol. The summed E-state index contributed by atoms with van der Waals surface area (Å²) in [6.45, 7) is 2.06. The van der Waals surface area contributed by atoms with E-state index in [1.807, 2.05) is 24.3 Å². The van der Waals surface area contributed by atoms with Crippen LogP contribution in [-0.2, 0) is 4.79 Å². The molecular weight excluding hydrogens is 212 g/mol. The maximum absolute atomic E-state index is 11.5. The zero-order chi connectivity index (χ0) is 12.4. The van der Waals surface area contributed by atoms with Gasteiger partial charge in [0, 0.05) is 7.05 Å². The van der Waals surface area contributed by atoms with E-state index in [1.54, 1.807) is 7.05 Å². The molecule has 0 fully saturated rings. The predicted molar refractivity (Wildman–Crippen MR) is 69.7 cm³/mol. The molecule has 2 aromatic carbocycles. The van der Waals surface area contributed by atoms with E-state index in [1.165, 1.54) is 5.56 Å². The van der Waals surface area contributed by atoms with Crippen LogP contribution in [0.15, 0.2) is 36.4 Å². The van der Waals surface area contributed by atoms with E-state index in [-0.39, 0.29) is 5.91 Å². The van der Waals surface area contributed by atoms with Crippen LogP contribution in [0, 0.1) is 6.92 Å². The highest BCUT2D eigenvalue weighted by Gasteiger charge is 2.13. The highest BCUT2D eigenvalue weighted by molar-refractivity contribution is 5.87. The summed E-state index contributed by atoms with van der Waals surface area (Å²) in [7, 11) is 1.59. The SMILES string of the molecule is CNC(=O)C(N)c1ccc2cc(C)ccc2c1. The van der Waals surface area contributed by atoms with Gasteiger partial charge in [-0.15, -0.1) is 0 Å². The van der Waals surface area contributed by atoms with Crippen molar-refractivity contribution in [2.45, 2.75) is 13.0 Å². The highest BCUT2D eigenvalue weighted by atomic mass is 16.2. The molecule has 0 aromatic heterocycles. The fourth-order valence-corrected chi connectivity index (χ4v) is 1.88. The van der Waals surface area contributed by atoms with Gasteiger partial charge in [0.2, 0.25) is 5.91 Å². The number of nitrogens with two attached hydrogens (primary N) is 1. The first-order valence-corrected chi connectivity index (χ1v) is 5.59. The lowest BCUT2D eigenvalue weighted by Crippen LogP contribution is -2.31. The second-order valence-electron chi connectivity index (χ2n) is 4.20. The quantitative estimate of drug-likeness (QED) is 0.824. The minimum Gasteiger partial charge on any atom is -0.358 e. The fraction of sp³-hybridized carbons (Fsp3) is 0.214. The van der Waals surface area contributed by atoms with E-state index < -0.39 is 6.04 Å². The maximum atomic E-state index is 11.5. The number of hydrogen-bond acceptors (Lipinski definition) is 2. The largest absolute Gasteiger partial charge is 0.358 e. The summed E-state index contributed by atoms with van der Waals surface area (Å²) < 4.78 is 0. The molecule has 17 heavy (non-hydrogen) atoms. The molecule has 2 rings (SSSR count). The molecule has 3 N–H and O–H groups in total. The van der Waals surface area contributed by atoms with Crippen molar-refractivity contribution in [2.24, 2.45) is 5.73 Å². The number of amides is 1. The van der Waals surface area contributed by atoms with Crippen LogP contribution in [0.5, 0.6) is 0 Å². The van der Waals surface area contributed by atoms with Gasteiger partial charge in [0.25, 0.3) is 0 Å². The maximum Gasteiger partial charge on any atom is 0.241 e. The molecular formula is C14H16N2O. The Bertz CT molecular complexity index is 563. The number of carbonyl (C=O) groups is 1. The van der Waals surface area contributed by atoms with Crippen LogP contribution in [0.1, 0.15) is 17.2 Å². The topological polar surface area (TPSA) is 55.1 Å². The van der Waals surface area contributed by atoms with Crippen LogP contribution in [0.2, 0.25) is 0 Å². The monoisotopic (exact) mass is 228 g/mol. The Hall–Kier alpha value is -1.87. The summed E-state index contributed by atoms with van der Waals surface area (Å²) in [5, 5.41) is 4.83. The summed E-state index contributed by atoms with van der Waals surface area (Å²) in [6, 6.07) is 11.5. The minimum absolute atomic E-state index is 0.170. The standard InChI is InChI=1S/C14H16N2O/c1-9-3-4-11-8-12(6-5-10(11)7-9)13(15)14(17)16-2/h3-8,13H,15H2,1-2H3,(H,16,17). The Kier molecular flexibility index (Phi) is 3.11. The number of nitrogens with one attached hydrogen (secondary N) is 1. The van der Waals surface area contributed by atoms with E-state index in [9.17, 15) is 4.79 Å². The van der Waals surface area contributed by atoms with Crippen molar-refractivity contribution in [3.05, 3.63) is 47.5 Å². The molecule has 0 saturated carbocycles. The summed E-state index contributed by atoms with van der Waals surface area (Å²) >= 11 is 0. The van der Waals surface area contributed by atoms with E-state index >= 15 is 0 Å². The lowest BCUT2D eigenvalue weighted by molar-refractivity contribution is -0.121. The number of likely N-dealkylation sites (N-methyl/N-ethyl adjacent to an activating group) is 1. The van der Waals surface area contributed by atoms with Crippen molar-refractivity contribution in [3.8, 4) is 0 Å². The van der Waals surface area contributed by atoms with Gasteiger partial charge >= 0.3 is 0 Å². The van der Waals surface area contributed by atoms with Gasteiger partial charge in [0.05, 0.1) is 0 Å². The number of fused-ring (bicyclic) bond motifs is 1. The van der Waals surface area contributed by atoms with Crippen LogP contribution in [0.25, 0.3) is 10.8 Å². The molecule has 3 heteroatoms. The zero-order valence-electron chi connectivity index (χ0n) is 10.0. The molecule has 0 bridgehead atoms. The summed E-state index contributed by atoms with van der Waals surface area (Å²) in [4.78, 5) is 11.5. The van der Waals surface area contributed by atoms with Gasteiger partial charge < -0.3 is 11.1 Å². The number of aryl methyl sites for hydroxylation is 1. The molecule has 0 saturated heterocycles. The van der Waals surface area contributed by atoms with E-state index in [2.05, 4.69) is 24.4 Å². The molecule has 0 spiro atoms. The van der Waals surface area contributed by atoms with Crippen LogP contribution < -0.4 is 11.1 Å². The van der Waals surface area contributed by atoms with Crippen LogP contribution >= 0.6 is 0 Å². The van der Waals surface area contributed by atoms with E-state index in [4.69, 9.17) is 5.73 Å². The Morgan fingerprint density at radius 1 is 1.18 bits per heavy atom. The third kappa shape index (κ3) is 2.29. The zero-order valence-corrected chi connectivity index (χ0v) is 10.0. The van der Waals surface area contributed by atoms with Crippen molar-refractivity contribution in [1.29, 1.82) is 0 Å². The van der Waals surface area contributed by atoms with Gasteiger partial charge in [0.15, 0.2) is 0 Å². The first kappa shape index (κ1) is 11.6. The lowest BCUT2D eigenvalue weighted by Gasteiger charge is -2.11.